The Morgan fingerprint density at radius 2 is 1.75 bits per heavy atom. The van der Waals surface area contributed by atoms with E-state index in [4.69, 9.17) is 4.18 Å². The van der Waals surface area contributed by atoms with Crippen LogP contribution in [0.1, 0.15) is 19.8 Å². The van der Waals surface area contributed by atoms with Crippen molar-refractivity contribution in [3.63, 3.8) is 0 Å². The molecule has 0 amide bonds. The number of hydrogen-bond donors (Lipinski definition) is 0. The van der Waals surface area contributed by atoms with E-state index in [2.05, 4.69) is 19.1 Å². The van der Waals surface area contributed by atoms with Crippen LogP contribution in [0.2, 0.25) is 0 Å². The highest BCUT2D eigenvalue weighted by molar-refractivity contribution is 7.94. The molecule has 0 bridgehead atoms. The first-order valence-corrected chi connectivity index (χ1v) is 5.67. The molecule has 0 N–H and O–H groups in total. The number of alkyl halides is 3. The molecule has 0 spiro atoms. The van der Waals surface area contributed by atoms with Gasteiger partial charge in [0.2, 0.25) is 0 Å². The van der Waals surface area contributed by atoms with Gasteiger partial charge in [-0.1, -0.05) is 31.5 Å². The third-order valence-electron chi connectivity index (χ3n) is 1.48. The molecule has 1 rings (SSSR count). The second kappa shape index (κ2) is 10.8. The molecule has 1 aromatic carbocycles. The van der Waals surface area contributed by atoms with Crippen molar-refractivity contribution in [1.82, 2.24) is 0 Å². The molecule has 0 radical (unpaired) electrons. The van der Waals surface area contributed by atoms with Crippen molar-refractivity contribution >= 4 is 12.0 Å². The summed E-state index contributed by atoms with van der Waals surface area (Å²) in [7, 11) is 0. The molecule has 0 aliphatic carbocycles. The van der Waals surface area contributed by atoms with Gasteiger partial charge >= 0.3 is 6.68 Å². The average Bonchev–Trinajstić information content (AvgIpc) is 2.25. The Labute approximate surface area is 98.2 Å². The van der Waals surface area contributed by atoms with Crippen molar-refractivity contribution in [3.8, 4) is 0 Å². The molecule has 0 atom stereocenters. The van der Waals surface area contributed by atoms with Crippen LogP contribution < -0.4 is 0 Å². The van der Waals surface area contributed by atoms with Gasteiger partial charge in [0, 0.05) is 16.9 Å². The molecule has 0 aliphatic rings. The van der Waals surface area contributed by atoms with Gasteiger partial charge in [-0.25, -0.2) is 0 Å². The summed E-state index contributed by atoms with van der Waals surface area (Å²) in [6, 6.07) is 10.2. The highest BCUT2D eigenvalue weighted by atomic mass is 32.2. The Bertz CT molecular complexity index is 241. The van der Waals surface area contributed by atoms with Crippen molar-refractivity contribution in [2.24, 2.45) is 0 Å². The summed E-state index contributed by atoms with van der Waals surface area (Å²) in [6.45, 7) is -0.660. The fourth-order valence-corrected chi connectivity index (χ4v) is 1.39. The summed E-state index contributed by atoms with van der Waals surface area (Å²) >= 11 is 1.46. The van der Waals surface area contributed by atoms with E-state index < -0.39 is 6.68 Å². The largest absolute Gasteiger partial charge is 0.379 e. The minimum atomic E-state index is -3.67. The van der Waals surface area contributed by atoms with Crippen molar-refractivity contribution in [2.75, 3.05) is 6.61 Å². The molecule has 0 saturated heterocycles. The Morgan fingerprint density at radius 1 is 1.19 bits per heavy atom. The van der Waals surface area contributed by atoms with Crippen molar-refractivity contribution in [2.45, 2.75) is 31.3 Å². The SMILES string of the molecule is CCCCOSc1ccccc1.FC(F)F. The van der Waals surface area contributed by atoms with E-state index in [1.54, 1.807) is 0 Å². The highest BCUT2D eigenvalue weighted by Crippen LogP contribution is 2.18. The molecular weight excluding hydrogens is 237 g/mol. The molecule has 92 valence electrons. The summed E-state index contributed by atoms with van der Waals surface area (Å²) in [6.07, 6.45) is 2.33. The summed E-state index contributed by atoms with van der Waals surface area (Å²) in [5.74, 6) is 0. The Kier molecular flexibility index (Phi) is 10.4. The lowest BCUT2D eigenvalue weighted by molar-refractivity contribution is 0.00819. The molecule has 0 heterocycles. The van der Waals surface area contributed by atoms with Gasteiger partial charge in [0.15, 0.2) is 0 Å². The van der Waals surface area contributed by atoms with Crippen LogP contribution in [0.3, 0.4) is 0 Å². The summed E-state index contributed by atoms with van der Waals surface area (Å²) in [5.41, 5.74) is 0. The number of benzene rings is 1. The van der Waals surface area contributed by atoms with Crippen molar-refractivity contribution in [3.05, 3.63) is 30.3 Å². The summed E-state index contributed by atoms with van der Waals surface area (Å²) in [4.78, 5) is 1.17. The van der Waals surface area contributed by atoms with Crippen LogP contribution in [0.4, 0.5) is 13.2 Å². The van der Waals surface area contributed by atoms with E-state index in [9.17, 15) is 13.2 Å². The van der Waals surface area contributed by atoms with Crippen LogP contribution in [0.5, 0.6) is 0 Å². The van der Waals surface area contributed by atoms with Gasteiger partial charge in [0.25, 0.3) is 0 Å². The molecule has 1 nitrogen and oxygen atoms in total. The molecule has 1 aromatic rings. The number of unbranched alkanes of at least 4 members (excludes halogenated alkanes) is 1. The predicted octanol–water partition coefficient (Wildman–Crippen LogP) is 4.69. The van der Waals surface area contributed by atoms with E-state index in [-0.39, 0.29) is 0 Å². The maximum Gasteiger partial charge on any atom is 0.379 e. The van der Waals surface area contributed by atoms with Crippen LogP contribution in [0.15, 0.2) is 35.2 Å². The maximum atomic E-state index is 9.67. The quantitative estimate of drug-likeness (QED) is 0.555. The monoisotopic (exact) mass is 252 g/mol. The zero-order valence-corrected chi connectivity index (χ0v) is 9.85. The third-order valence-corrected chi connectivity index (χ3v) is 2.23. The van der Waals surface area contributed by atoms with Gasteiger partial charge in [-0.15, -0.1) is 0 Å². The Balaban J connectivity index is 0.000000487. The van der Waals surface area contributed by atoms with Crippen LogP contribution >= 0.6 is 12.0 Å². The van der Waals surface area contributed by atoms with Crippen molar-refractivity contribution in [1.29, 1.82) is 0 Å². The summed E-state index contributed by atoms with van der Waals surface area (Å²) < 4.78 is 34.4. The minimum Gasteiger partial charge on any atom is -0.310 e. The van der Waals surface area contributed by atoms with Crippen LogP contribution in [0.25, 0.3) is 0 Å². The maximum absolute atomic E-state index is 9.67. The zero-order valence-electron chi connectivity index (χ0n) is 9.04. The first-order valence-electron chi connectivity index (χ1n) is 4.93. The number of hydrogen-bond acceptors (Lipinski definition) is 2. The van der Waals surface area contributed by atoms with Gasteiger partial charge in [0.05, 0.1) is 6.61 Å². The smallest absolute Gasteiger partial charge is 0.310 e. The van der Waals surface area contributed by atoms with Gasteiger partial charge in [0.1, 0.15) is 0 Å². The minimum absolute atomic E-state index is 0.843. The number of halogens is 3. The van der Waals surface area contributed by atoms with Crippen LogP contribution in [0, 0.1) is 0 Å². The molecule has 0 unspecified atom stereocenters. The van der Waals surface area contributed by atoms with Gasteiger partial charge in [-0.3, -0.25) is 0 Å². The first-order chi connectivity index (χ1) is 7.66. The van der Waals surface area contributed by atoms with E-state index in [1.807, 2.05) is 18.2 Å². The molecule has 0 aromatic heterocycles. The highest BCUT2D eigenvalue weighted by Gasteiger charge is 1.91. The van der Waals surface area contributed by atoms with E-state index in [0.717, 1.165) is 13.0 Å². The zero-order chi connectivity index (χ0) is 12.2. The van der Waals surface area contributed by atoms with Gasteiger partial charge in [-0.2, -0.15) is 13.2 Å². The van der Waals surface area contributed by atoms with Gasteiger partial charge in [-0.05, 0) is 18.6 Å². The lowest BCUT2D eigenvalue weighted by Gasteiger charge is -2.00. The number of rotatable bonds is 5. The molecule has 0 fully saturated rings. The van der Waals surface area contributed by atoms with Gasteiger partial charge < -0.3 is 4.18 Å². The normalized spacial score (nSPS) is 9.81. The Morgan fingerprint density at radius 3 is 2.25 bits per heavy atom. The fraction of sp³-hybridized carbons (Fsp3) is 0.455. The molecular formula is C11H15F3OS. The molecule has 0 aliphatic heterocycles. The van der Waals surface area contributed by atoms with E-state index in [0.29, 0.717) is 0 Å². The van der Waals surface area contributed by atoms with E-state index in [1.165, 1.54) is 23.4 Å². The standard InChI is InChI=1S/C10H14OS.CHF3/c1-2-3-9-11-12-10-7-5-4-6-8-10;2-1(3)4/h4-8H,2-3,9H2,1H3;1H. The van der Waals surface area contributed by atoms with E-state index >= 15 is 0 Å². The predicted molar refractivity (Wildman–Crippen MR) is 60.3 cm³/mol. The lowest BCUT2D eigenvalue weighted by atomic mass is 10.4. The van der Waals surface area contributed by atoms with Crippen LogP contribution in [-0.4, -0.2) is 13.3 Å². The van der Waals surface area contributed by atoms with Crippen molar-refractivity contribution < 1.29 is 17.4 Å². The average molecular weight is 252 g/mol. The fourth-order valence-electron chi connectivity index (χ4n) is 0.789. The lowest BCUT2D eigenvalue weighted by Crippen LogP contribution is -1.84. The third kappa shape index (κ3) is 11.4. The first kappa shape index (κ1) is 15.3. The topological polar surface area (TPSA) is 9.23 Å². The molecule has 5 heteroatoms. The Hall–Kier alpha value is -0.680. The summed E-state index contributed by atoms with van der Waals surface area (Å²) in [5, 5.41) is 0. The second-order valence-corrected chi connectivity index (χ2v) is 3.69. The second-order valence-electron chi connectivity index (χ2n) is 2.82. The molecule has 0 saturated carbocycles. The molecule has 16 heavy (non-hydrogen) atoms. The van der Waals surface area contributed by atoms with Crippen LogP contribution in [-0.2, 0) is 4.18 Å².